The number of carbonyl (C=O) groups is 1. The summed E-state index contributed by atoms with van der Waals surface area (Å²) in [7, 11) is 0. The van der Waals surface area contributed by atoms with Crippen LogP contribution in [0.1, 0.15) is 56.2 Å². The van der Waals surface area contributed by atoms with Crippen molar-refractivity contribution in [1.82, 2.24) is 24.9 Å². The van der Waals surface area contributed by atoms with Gasteiger partial charge >= 0.3 is 0 Å². The van der Waals surface area contributed by atoms with Gasteiger partial charge in [0.1, 0.15) is 11.3 Å². The molecule has 2 N–H and O–H groups in total. The van der Waals surface area contributed by atoms with Gasteiger partial charge in [-0.05, 0) is 61.5 Å². The van der Waals surface area contributed by atoms with E-state index in [0.717, 1.165) is 48.5 Å². The number of fused-ring (bicyclic) bond motifs is 3. The lowest BCUT2D eigenvalue weighted by Crippen LogP contribution is -2.54. The van der Waals surface area contributed by atoms with Gasteiger partial charge in [-0.15, -0.1) is 0 Å². The SMILES string of the molecule is C=C(NC[C@@H]1CC[C@H]2C[C@@H]1C2(C)C)c1cccc2nc(C(=O)N3CCN[C@@H](C)C3)cn12. The number of carbonyl (C=O) groups excluding carboxylic acids is 1. The summed E-state index contributed by atoms with van der Waals surface area (Å²) in [5.74, 6) is 2.46. The fraction of sp³-hybridized carbons (Fsp3) is 0.600. The van der Waals surface area contributed by atoms with E-state index in [2.05, 4.69) is 49.0 Å². The van der Waals surface area contributed by atoms with E-state index in [0.29, 0.717) is 29.6 Å². The van der Waals surface area contributed by atoms with E-state index in [1.54, 1.807) is 0 Å². The Morgan fingerprint density at radius 2 is 2.19 bits per heavy atom. The maximum absolute atomic E-state index is 13.0. The van der Waals surface area contributed by atoms with Gasteiger partial charge in [-0.2, -0.15) is 0 Å². The van der Waals surface area contributed by atoms with Crippen LogP contribution in [0.25, 0.3) is 11.3 Å². The molecule has 6 rings (SSSR count). The van der Waals surface area contributed by atoms with Crippen molar-refractivity contribution in [2.24, 2.45) is 23.2 Å². The molecule has 4 fully saturated rings. The Labute approximate surface area is 185 Å². The van der Waals surface area contributed by atoms with Gasteiger partial charge in [0, 0.05) is 38.4 Å². The van der Waals surface area contributed by atoms with E-state index in [9.17, 15) is 4.79 Å². The van der Waals surface area contributed by atoms with Crippen LogP contribution in [0.3, 0.4) is 0 Å². The quantitative estimate of drug-likeness (QED) is 0.777. The Hall–Kier alpha value is -2.34. The molecule has 3 saturated carbocycles. The fourth-order valence-corrected chi connectivity index (χ4v) is 6.19. The first-order valence-corrected chi connectivity index (χ1v) is 11.8. The topological polar surface area (TPSA) is 61.7 Å². The van der Waals surface area contributed by atoms with Gasteiger partial charge in [-0.25, -0.2) is 4.98 Å². The number of amides is 1. The first kappa shape index (κ1) is 20.6. The summed E-state index contributed by atoms with van der Waals surface area (Å²) < 4.78 is 2.00. The number of rotatable bonds is 5. The lowest BCUT2D eigenvalue weighted by Gasteiger charge is -2.60. The molecule has 1 saturated heterocycles. The summed E-state index contributed by atoms with van der Waals surface area (Å²) in [5.41, 5.74) is 3.65. The molecule has 2 bridgehead atoms. The number of imidazole rings is 1. The minimum absolute atomic E-state index is 0.00514. The van der Waals surface area contributed by atoms with Crippen LogP contribution in [-0.2, 0) is 0 Å². The van der Waals surface area contributed by atoms with Gasteiger partial charge < -0.3 is 15.5 Å². The van der Waals surface area contributed by atoms with Crippen molar-refractivity contribution in [1.29, 1.82) is 0 Å². The molecule has 0 radical (unpaired) electrons. The number of nitrogens with zero attached hydrogens (tertiary/aromatic N) is 3. The van der Waals surface area contributed by atoms with Gasteiger partial charge in [0.15, 0.2) is 0 Å². The van der Waals surface area contributed by atoms with E-state index in [-0.39, 0.29) is 5.91 Å². The Kier molecular flexibility index (Phi) is 5.08. The Balaban J connectivity index is 1.30. The van der Waals surface area contributed by atoms with Crippen molar-refractivity contribution >= 4 is 17.3 Å². The zero-order valence-electron chi connectivity index (χ0n) is 19.0. The maximum Gasteiger partial charge on any atom is 0.274 e. The van der Waals surface area contributed by atoms with E-state index < -0.39 is 0 Å². The van der Waals surface area contributed by atoms with Crippen LogP contribution in [0.5, 0.6) is 0 Å². The Bertz CT molecular complexity index is 1010. The molecule has 4 atom stereocenters. The second-order valence-corrected chi connectivity index (χ2v) is 10.4. The average Bonchev–Trinajstić information content (AvgIpc) is 3.21. The molecule has 0 aromatic carbocycles. The molecular formula is C25H35N5O. The molecular weight excluding hydrogens is 386 g/mol. The zero-order chi connectivity index (χ0) is 21.8. The molecule has 2 aromatic heterocycles. The molecule has 0 unspecified atom stereocenters. The van der Waals surface area contributed by atoms with Crippen LogP contribution in [0.15, 0.2) is 31.0 Å². The van der Waals surface area contributed by atoms with E-state index in [1.807, 2.05) is 27.6 Å². The number of pyridine rings is 1. The molecule has 166 valence electrons. The van der Waals surface area contributed by atoms with Gasteiger partial charge in [-0.3, -0.25) is 9.20 Å². The Morgan fingerprint density at radius 1 is 1.35 bits per heavy atom. The molecule has 1 aliphatic heterocycles. The normalized spacial score (nSPS) is 29.5. The lowest BCUT2D eigenvalue weighted by atomic mass is 9.45. The Morgan fingerprint density at radius 3 is 2.94 bits per heavy atom. The molecule has 6 heteroatoms. The van der Waals surface area contributed by atoms with Crippen molar-refractivity contribution in [2.75, 3.05) is 26.2 Å². The number of hydrogen-bond donors (Lipinski definition) is 2. The van der Waals surface area contributed by atoms with Gasteiger partial charge in [0.25, 0.3) is 5.91 Å². The minimum atomic E-state index is 0.00514. The summed E-state index contributed by atoms with van der Waals surface area (Å²) >= 11 is 0. The third-order valence-corrected chi connectivity index (χ3v) is 8.26. The number of hydrogen-bond acceptors (Lipinski definition) is 4. The van der Waals surface area contributed by atoms with Gasteiger partial charge in [0.05, 0.1) is 11.4 Å². The highest BCUT2D eigenvalue weighted by atomic mass is 16.2. The van der Waals surface area contributed by atoms with E-state index in [1.165, 1.54) is 19.3 Å². The highest BCUT2D eigenvalue weighted by Crippen LogP contribution is 2.61. The van der Waals surface area contributed by atoms with Crippen molar-refractivity contribution in [2.45, 2.75) is 46.1 Å². The van der Waals surface area contributed by atoms with E-state index in [4.69, 9.17) is 0 Å². The smallest absolute Gasteiger partial charge is 0.274 e. The first-order valence-electron chi connectivity index (χ1n) is 11.8. The summed E-state index contributed by atoms with van der Waals surface area (Å²) in [6.45, 7) is 14.5. The summed E-state index contributed by atoms with van der Waals surface area (Å²) in [4.78, 5) is 19.5. The van der Waals surface area contributed by atoms with Crippen molar-refractivity contribution in [3.8, 4) is 0 Å². The monoisotopic (exact) mass is 421 g/mol. The largest absolute Gasteiger partial charge is 0.384 e. The molecule has 2 aromatic rings. The first-order chi connectivity index (χ1) is 14.8. The molecule has 3 aliphatic carbocycles. The summed E-state index contributed by atoms with van der Waals surface area (Å²) in [6, 6.07) is 6.30. The van der Waals surface area contributed by atoms with Crippen LogP contribution in [0.2, 0.25) is 0 Å². The van der Waals surface area contributed by atoms with E-state index >= 15 is 0 Å². The second-order valence-electron chi connectivity index (χ2n) is 10.4. The highest BCUT2D eigenvalue weighted by molar-refractivity contribution is 5.93. The molecule has 0 spiro atoms. The predicted octanol–water partition coefficient (Wildman–Crippen LogP) is 3.40. The summed E-state index contributed by atoms with van der Waals surface area (Å²) in [5, 5.41) is 7.00. The number of piperazine rings is 1. The molecule has 1 amide bonds. The zero-order valence-corrected chi connectivity index (χ0v) is 19.0. The third-order valence-electron chi connectivity index (χ3n) is 8.26. The minimum Gasteiger partial charge on any atom is -0.384 e. The fourth-order valence-electron chi connectivity index (χ4n) is 6.19. The molecule has 6 nitrogen and oxygen atoms in total. The summed E-state index contributed by atoms with van der Waals surface area (Å²) in [6.07, 6.45) is 5.93. The standard InChI is InChI=1S/C25H35N5O/c1-16-14-29(11-10-26-16)24(31)21-15-30-22(6-5-7-23(30)28-21)17(2)27-13-18-8-9-19-12-20(18)25(19,3)4/h5-7,15-16,18-20,26-27H,2,8-14H2,1,3-4H3/t16-,18-,19-,20-/m0/s1. The maximum atomic E-state index is 13.0. The molecule has 4 aliphatic rings. The predicted molar refractivity (Wildman–Crippen MR) is 124 cm³/mol. The van der Waals surface area contributed by atoms with Crippen molar-refractivity contribution < 1.29 is 4.79 Å². The number of nitrogens with one attached hydrogen (secondary N) is 2. The van der Waals surface area contributed by atoms with Gasteiger partial charge in [-0.1, -0.05) is 26.5 Å². The lowest BCUT2D eigenvalue weighted by molar-refractivity contribution is -0.103. The van der Waals surface area contributed by atoms with Crippen LogP contribution >= 0.6 is 0 Å². The highest BCUT2D eigenvalue weighted by Gasteiger charge is 2.53. The van der Waals surface area contributed by atoms with Crippen LogP contribution in [-0.4, -0.2) is 52.4 Å². The number of aromatic nitrogens is 2. The third kappa shape index (κ3) is 3.55. The van der Waals surface area contributed by atoms with Crippen molar-refractivity contribution in [3.05, 3.63) is 42.4 Å². The second kappa shape index (κ2) is 7.66. The van der Waals surface area contributed by atoms with Crippen LogP contribution in [0.4, 0.5) is 0 Å². The van der Waals surface area contributed by atoms with Crippen LogP contribution in [0, 0.1) is 23.2 Å². The average molecular weight is 422 g/mol. The van der Waals surface area contributed by atoms with Gasteiger partial charge in [0.2, 0.25) is 0 Å². The van der Waals surface area contributed by atoms with Crippen molar-refractivity contribution in [3.63, 3.8) is 0 Å². The molecule has 31 heavy (non-hydrogen) atoms. The molecule has 3 heterocycles. The van der Waals surface area contributed by atoms with Crippen LogP contribution < -0.4 is 10.6 Å².